The van der Waals surface area contributed by atoms with Crippen molar-refractivity contribution in [3.8, 4) is 0 Å². The zero-order chi connectivity index (χ0) is 13.8. The first-order valence-corrected chi connectivity index (χ1v) is 7.55. The number of thioether (sulfide) groups is 1. The van der Waals surface area contributed by atoms with E-state index in [-0.39, 0.29) is 11.9 Å². The molecule has 2 heterocycles. The Balaban J connectivity index is 1.83. The van der Waals surface area contributed by atoms with Crippen LogP contribution in [0.4, 0.5) is 5.13 Å². The zero-order valence-electron chi connectivity index (χ0n) is 10.7. The van der Waals surface area contributed by atoms with E-state index in [4.69, 9.17) is 10.2 Å². The fourth-order valence-corrected chi connectivity index (χ4v) is 3.39. The average Bonchev–Trinajstić information content (AvgIpc) is 2.96. The molecule has 0 aromatic carbocycles. The summed E-state index contributed by atoms with van der Waals surface area (Å²) in [5.74, 6) is 1.05. The standard InChI is InChI=1S/C12H15N3O2S2/c1-7(9-4-3-5-17-9)14-10(16)6-18-11-8(2)15-12(13)19-11/h3-5,7H,6H2,1-2H3,(H2,13,15)(H,14,16). The Kier molecular flexibility index (Phi) is 4.49. The summed E-state index contributed by atoms with van der Waals surface area (Å²) in [6.45, 7) is 3.77. The quantitative estimate of drug-likeness (QED) is 0.829. The van der Waals surface area contributed by atoms with Gasteiger partial charge in [0.1, 0.15) is 5.76 Å². The number of nitrogens with zero attached hydrogens (tertiary/aromatic N) is 1. The number of nitrogens with two attached hydrogens (primary N) is 1. The first kappa shape index (κ1) is 14.0. The predicted octanol–water partition coefficient (Wildman–Crippen LogP) is 2.60. The van der Waals surface area contributed by atoms with Gasteiger partial charge >= 0.3 is 0 Å². The monoisotopic (exact) mass is 297 g/mol. The van der Waals surface area contributed by atoms with Crippen LogP contribution in [0.5, 0.6) is 0 Å². The van der Waals surface area contributed by atoms with E-state index < -0.39 is 0 Å². The van der Waals surface area contributed by atoms with Gasteiger partial charge in [0.05, 0.1) is 28.0 Å². The number of aryl methyl sites for hydroxylation is 1. The van der Waals surface area contributed by atoms with Crippen molar-refractivity contribution in [2.75, 3.05) is 11.5 Å². The minimum absolute atomic E-state index is 0.0414. The molecule has 0 aliphatic carbocycles. The maximum atomic E-state index is 11.8. The van der Waals surface area contributed by atoms with Gasteiger partial charge in [0.15, 0.2) is 5.13 Å². The van der Waals surface area contributed by atoms with Gasteiger partial charge in [0, 0.05) is 0 Å². The normalized spacial score (nSPS) is 12.3. The van der Waals surface area contributed by atoms with Gasteiger partial charge in [0.2, 0.25) is 5.91 Å². The molecule has 2 aromatic heterocycles. The number of carbonyl (C=O) groups excluding carboxylic acids is 1. The molecule has 1 atom stereocenters. The largest absolute Gasteiger partial charge is 0.467 e. The topological polar surface area (TPSA) is 81.1 Å². The highest BCUT2D eigenvalue weighted by atomic mass is 32.2. The number of amides is 1. The van der Waals surface area contributed by atoms with E-state index in [1.807, 2.05) is 19.9 Å². The van der Waals surface area contributed by atoms with Crippen molar-refractivity contribution in [1.29, 1.82) is 0 Å². The van der Waals surface area contributed by atoms with E-state index in [9.17, 15) is 4.79 Å². The molecule has 2 rings (SSSR count). The van der Waals surface area contributed by atoms with Gasteiger partial charge in [-0.15, -0.1) is 11.8 Å². The maximum Gasteiger partial charge on any atom is 0.230 e. The van der Waals surface area contributed by atoms with Crippen LogP contribution in [-0.4, -0.2) is 16.6 Å². The minimum Gasteiger partial charge on any atom is -0.467 e. The Morgan fingerprint density at radius 3 is 3.05 bits per heavy atom. The van der Waals surface area contributed by atoms with Crippen LogP contribution in [0.2, 0.25) is 0 Å². The van der Waals surface area contributed by atoms with Crippen molar-refractivity contribution in [3.63, 3.8) is 0 Å². The van der Waals surface area contributed by atoms with Crippen molar-refractivity contribution in [2.45, 2.75) is 24.1 Å². The minimum atomic E-state index is -0.129. The van der Waals surface area contributed by atoms with Gasteiger partial charge in [-0.25, -0.2) is 4.98 Å². The third-order valence-corrected chi connectivity index (χ3v) is 4.80. The third kappa shape index (κ3) is 3.74. The molecule has 1 amide bonds. The summed E-state index contributed by atoms with van der Waals surface area (Å²) in [5, 5.41) is 3.41. The lowest BCUT2D eigenvalue weighted by Crippen LogP contribution is -2.27. The molecule has 0 bridgehead atoms. The second-order valence-electron chi connectivity index (χ2n) is 4.02. The summed E-state index contributed by atoms with van der Waals surface area (Å²) in [5.41, 5.74) is 6.49. The Morgan fingerprint density at radius 2 is 2.47 bits per heavy atom. The smallest absolute Gasteiger partial charge is 0.230 e. The second-order valence-corrected chi connectivity index (χ2v) is 6.29. The zero-order valence-corrected chi connectivity index (χ0v) is 12.3. The van der Waals surface area contributed by atoms with Crippen LogP contribution in [-0.2, 0) is 4.79 Å². The molecule has 102 valence electrons. The van der Waals surface area contributed by atoms with Crippen LogP contribution in [0.25, 0.3) is 0 Å². The molecule has 0 radical (unpaired) electrons. The van der Waals surface area contributed by atoms with Crippen molar-refractivity contribution >= 4 is 34.1 Å². The van der Waals surface area contributed by atoms with E-state index in [1.54, 1.807) is 12.3 Å². The molecule has 0 fully saturated rings. The van der Waals surface area contributed by atoms with Crippen LogP contribution in [0, 0.1) is 6.92 Å². The fraction of sp³-hybridized carbons (Fsp3) is 0.333. The van der Waals surface area contributed by atoms with Gasteiger partial charge in [-0.3, -0.25) is 4.79 Å². The van der Waals surface area contributed by atoms with E-state index in [2.05, 4.69) is 10.3 Å². The van der Waals surface area contributed by atoms with Gasteiger partial charge in [-0.1, -0.05) is 11.3 Å². The van der Waals surface area contributed by atoms with E-state index in [1.165, 1.54) is 23.1 Å². The van der Waals surface area contributed by atoms with E-state index >= 15 is 0 Å². The van der Waals surface area contributed by atoms with E-state index in [0.29, 0.717) is 10.9 Å². The van der Waals surface area contributed by atoms with Crippen LogP contribution in [0.15, 0.2) is 27.0 Å². The van der Waals surface area contributed by atoms with Crippen LogP contribution in [0.3, 0.4) is 0 Å². The molecule has 0 spiro atoms. The number of hydrogen-bond donors (Lipinski definition) is 2. The number of aromatic nitrogens is 1. The molecule has 1 unspecified atom stereocenters. The molecule has 2 aromatic rings. The maximum absolute atomic E-state index is 11.8. The van der Waals surface area contributed by atoms with Crippen LogP contribution < -0.4 is 11.1 Å². The lowest BCUT2D eigenvalue weighted by atomic mass is 10.2. The number of hydrogen-bond acceptors (Lipinski definition) is 6. The van der Waals surface area contributed by atoms with Gasteiger partial charge in [0.25, 0.3) is 0 Å². The number of carbonyl (C=O) groups is 1. The molecule has 0 saturated heterocycles. The predicted molar refractivity (Wildman–Crippen MR) is 77.3 cm³/mol. The van der Waals surface area contributed by atoms with Crippen LogP contribution in [0.1, 0.15) is 24.4 Å². The molecule has 5 nitrogen and oxygen atoms in total. The van der Waals surface area contributed by atoms with Crippen molar-refractivity contribution in [1.82, 2.24) is 10.3 Å². The Bertz CT molecular complexity index is 551. The Hall–Kier alpha value is -1.47. The third-order valence-electron chi connectivity index (χ3n) is 2.45. The lowest BCUT2D eigenvalue weighted by Gasteiger charge is -2.10. The molecule has 0 aliphatic heterocycles. The summed E-state index contributed by atoms with van der Waals surface area (Å²) in [6, 6.07) is 3.51. The lowest BCUT2D eigenvalue weighted by molar-refractivity contribution is -0.119. The number of rotatable bonds is 5. The first-order valence-electron chi connectivity index (χ1n) is 5.74. The summed E-state index contributed by atoms with van der Waals surface area (Å²) >= 11 is 2.85. The highest BCUT2D eigenvalue weighted by Gasteiger charge is 2.13. The summed E-state index contributed by atoms with van der Waals surface area (Å²) in [7, 11) is 0. The Labute approximate surface area is 119 Å². The number of thiazole rings is 1. The van der Waals surface area contributed by atoms with Crippen molar-refractivity contribution in [2.24, 2.45) is 0 Å². The summed E-state index contributed by atoms with van der Waals surface area (Å²) in [6.07, 6.45) is 1.59. The first-order chi connectivity index (χ1) is 9.06. The fourth-order valence-electron chi connectivity index (χ4n) is 1.56. The molecule has 0 saturated carbocycles. The average molecular weight is 297 g/mol. The number of furan rings is 1. The number of nitrogens with one attached hydrogen (secondary N) is 1. The molecule has 7 heteroatoms. The highest BCUT2D eigenvalue weighted by molar-refractivity contribution is 8.01. The van der Waals surface area contributed by atoms with Gasteiger partial charge in [-0.2, -0.15) is 0 Å². The molecular formula is C12H15N3O2S2. The number of anilines is 1. The molecule has 0 aliphatic rings. The number of nitrogen functional groups attached to an aromatic ring is 1. The Morgan fingerprint density at radius 1 is 1.68 bits per heavy atom. The van der Waals surface area contributed by atoms with Crippen molar-refractivity contribution in [3.05, 3.63) is 29.9 Å². The van der Waals surface area contributed by atoms with Gasteiger partial charge < -0.3 is 15.5 Å². The van der Waals surface area contributed by atoms with Crippen molar-refractivity contribution < 1.29 is 9.21 Å². The summed E-state index contributed by atoms with van der Waals surface area (Å²) < 4.78 is 6.22. The van der Waals surface area contributed by atoms with Gasteiger partial charge in [-0.05, 0) is 26.0 Å². The second kappa shape index (κ2) is 6.12. The molecular weight excluding hydrogens is 282 g/mol. The molecule has 3 N–H and O–H groups in total. The SMILES string of the molecule is Cc1nc(N)sc1SCC(=O)NC(C)c1ccco1. The summed E-state index contributed by atoms with van der Waals surface area (Å²) in [4.78, 5) is 15.9. The molecule has 19 heavy (non-hydrogen) atoms. The van der Waals surface area contributed by atoms with Crippen LogP contribution >= 0.6 is 23.1 Å². The highest BCUT2D eigenvalue weighted by Crippen LogP contribution is 2.30. The van der Waals surface area contributed by atoms with E-state index in [0.717, 1.165) is 15.7 Å².